The lowest BCUT2D eigenvalue weighted by Gasteiger charge is -2.25. The Balaban J connectivity index is 4.88. The van der Waals surface area contributed by atoms with E-state index in [2.05, 4.69) is 11.1 Å². The van der Waals surface area contributed by atoms with E-state index in [0.717, 1.165) is 0 Å². The van der Waals surface area contributed by atoms with Gasteiger partial charge in [0.1, 0.15) is 12.8 Å². The van der Waals surface area contributed by atoms with Gasteiger partial charge in [-0.25, -0.2) is 9.32 Å². The molecule has 0 saturated heterocycles. The molecule has 0 aliphatic rings. The molecule has 0 aromatic rings. The summed E-state index contributed by atoms with van der Waals surface area (Å²) in [6.07, 6.45) is -0.107. The predicted molar refractivity (Wildman–Crippen MR) is 76.4 cm³/mol. The number of nitrogens with zero attached hydrogens (tertiary/aromatic N) is 1. The monoisotopic (exact) mass is 341 g/mol. The van der Waals surface area contributed by atoms with E-state index in [1.54, 1.807) is 21.1 Å². The Hall–Kier alpha value is -0.590. The average Bonchev–Trinajstić information content (AvgIpc) is 2.23. The van der Waals surface area contributed by atoms with Gasteiger partial charge < -0.3 is 23.9 Å². The minimum atomic E-state index is -5.03. The summed E-state index contributed by atoms with van der Waals surface area (Å²) >= 11 is 0. The highest BCUT2D eigenvalue weighted by Gasteiger charge is 2.24. The molecule has 122 valence electrons. The Labute approximate surface area is 125 Å². The smallest absolute Gasteiger partial charge is 0.333 e. The van der Waals surface area contributed by atoms with Gasteiger partial charge in [-0.1, -0.05) is 6.58 Å². The van der Waals surface area contributed by atoms with Crippen LogP contribution in [0.2, 0.25) is 0 Å². The van der Waals surface area contributed by atoms with E-state index < -0.39 is 21.6 Å². The van der Waals surface area contributed by atoms with Crippen molar-refractivity contribution in [1.29, 1.82) is 0 Å². The van der Waals surface area contributed by atoms with Crippen molar-refractivity contribution in [2.45, 2.75) is 6.92 Å². The number of carbonyl (C=O) groups is 1. The minimum Gasteiger partial charge on any atom is -0.756 e. The van der Waals surface area contributed by atoms with Crippen LogP contribution in [0.4, 0.5) is 0 Å². The molecule has 0 heterocycles. The second kappa shape index (κ2) is 8.15. The SMILES string of the molecule is C=C(C)C(=O)OCC[P+]([O-])=C(C[N+](C)(C)C)OP(=O)([O-])O. The van der Waals surface area contributed by atoms with Crippen molar-refractivity contribution in [1.82, 2.24) is 0 Å². The van der Waals surface area contributed by atoms with Crippen LogP contribution in [0.15, 0.2) is 12.2 Å². The zero-order chi connectivity index (χ0) is 16.8. The van der Waals surface area contributed by atoms with Crippen LogP contribution in [0.1, 0.15) is 6.92 Å². The number of rotatable bonds is 8. The number of esters is 1. The summed E-state index contributed by atoms with van der Waals surface area (Å²) in [5, 5.41) is 0. The number of carbonyl (C=O) groups excluding carboxylic acids is 1. The molecule has 21 heavy (non-hydrogen) atoms. The Morgan fingerprint density at radius 3 is 2.33 bits per heavy atom. The van der Waals surface area contributed by atoms with Crippen molar-refractivity contribution in [2.75, 3.05) is 40.5 Å². The molecule has 0 fully saturated rings. The first-order valence-corrected chi connectivity index (χ1v) is 8.93. The minimum absolute atomic E-state index is 0.0242. The van der Waals surface area contributed by atoms with Crippen LogP contribution in [-0.2, 0) is 18.6 Å². The van der Waals surface area contributed by atoms with Crippen molar-refractivity contribution < 1.29 is 37.8 Å². The first-order valence-electron chi connectivity index (χ1n) is 5.99. The van der Waals surface area contributed by atoms with E-state index in [-0.39, 0.29) is 34.8 Å². The lowest BCUT2D eigenvalue weighted by Crippen LogP contribution is -2.40. The molecular formula is C11H21NO7P2. The van der Waals surface area contributed by atoms with Crippen LogP contribution in [0.5, 0.6) is 0 Å². The lowest BCUT2D eigenvalue weighted by atomic mass is 10.4. The number of hydrogen-bond acceptors (Lipinski definition) is 6. The third kappa shape index (κ3) is 10.7. The van der Waals surface area contributed by atoms with Crippen LogP contribution in [0.25, 0.3) is 0 Å². The van der Waals surface area contributed by atoms with Gasteiger partial charge in [-0.15, -0.1) is 0 Å². The van der Waals surface area contributed by atoms with Gasteiger partial charge in [0, 0.05) is 5.57 Å². The van der Waals surface area contributed by atoms with E-state index in [4.69, 9.17) is 9.63 Å². The molecule has 0 aliphatic carbocycles. The fraction of sp³-hybridized carbons (Fsp3) is 0.636. The molecule has 8 nitrogen and oxygen atoms in total. The Bertz CT molecular complexity index is 475. The maximum atomic E-state index is 12.0. The van der Waals surface area contributed by atoms with Gasteiger partial charge in [-0.05, 0) is 6.92 Å². The first-order chi connectivity index (χ1) is 9.32. The molecule has 0 amide bonds. The fourth-order valence-corrected chi connectivity index (χ4v) is 3.25. The molecule has 2 unspecified atom stereocenters. The van der Waals surface area contributed by atoms with Crippen molar-refractivity contribution >= 4 is 27.0 Å². The third-order valence-electron chi connectivity index (χ3n) is 1.98. The molecule has 0 aliphatic heterocycles. The van der Waals surface area contributed by atoms with Gasteiger partial charge in [0.2, 0.25) is 0 Å². The molecule has 2 atom stereocenters. The van der Waals surface area contributed by atoms with Crippen LogP contribution in [0.3, 0.4) is 0 Å². The summed E-state index contributed by atoms with van der Waals surface area (Å²) in [6, 6.07) is 0. The largest absolute Gasteiger partial charge is 0.756 e. The maximum absolute atomic E-state index is 12.0. The van der Waals surface area contributed by atoms with Crippen LogP contribution in [0, 0.1) is 0 Å². The number of hydrogen-bond donors (Lipinski definition) is 1. The quantitative estimate of drug-likeness (QED) is 0.265. The standard InChI is InChI=1S/C11H21NO7P2/c1-9(2)11(13)18-6-7-20(14)10(8-12(3,4)5)19-21(15,16)17/h1,6-8H2,2-5H3,(H-,15,16,17). The van der Waals surface area contributed by atoms with E-state index in [0.29, 0.717) is 0 Å². The summed E-state index contributed by atoms with van der Waals surface area (Å²) in [5.41, 5.74) is -0.0545. The number of phosphoric ester groups is 1. The maximum Gasteiger partial charge on any atom is 0.333 e. The highest BCUT2D eigenvalue weighted by molar-refractivity contribution is 7.54. The van der Waals surface area contributed by atoms with Crippen molar-refractivity contribution in [3.8, 4) is 0 Å². The molecular weight excluding hydrogens is 320 g/mol. The van der Waals surface area contributed by atoms with Gasteiger partial charge in [0.15, 0.2) is 6.54 Å². The molecule has 10 heteroatoms. The highest BCUT2D eigenvalue weighted by atomic mass is 31.2. The van der Waals surface area contributed by atoms with Crippen molar-refractivity contribution in [2.24, 2.45) is 0 Å². The highest BCUT2D eigenvalue weighted by Crippen LogP contribution is 2.34. The van der Waals surface area contributed by atoms with Crippen molar-refractivity contribution in [3.05, 3.63) is 12.2 Å². The van der Waals surface area contributed by atoms with Gasteiger partial charge in [0.05, 0.1) is 28.9 Å². The molecule has 0 aromatic carbocycles. The van der Waals surface area contributed by atoms with E-state index in [1.165, 1.54) is 6.92 Å². The van der Waals surface area contributed by atoms with Gasteiger partial charge in [0.25, 0.3) is 13.3 Å². The molecule has 0 rings (SSSR count). The summed E-state index contributed by atoms with van der Waals surface area (Å²) in [7, 11) is -2.05. The zero-order valence-electron chi connectivity index (χ0n) is 12.6. The number of ether oxygens (including phenoxy) is 1. The summed E-state index contributed by atoms with van der Waals surface area (Å²) < 4.78 is 20.2. The molecule has 0 aromatic heterocycles. The average molecular weight is 341 g/mol. The topological polar surface area (TPSA) is 119 Å². The molecule has 0 spiro atoms. The van der Waals surface area contributed by atoms with Gasteiger partial charge in [-0.2, -0.15) is 0 Å². The molecule has 0 radical (unpaired) electrons. The fourth-order valence-electron chi connectivity index (χ4n) is 1.16. The summed E-state index contributed by atoms with van der Waals surface area (Å²) in [5.74, 6) is -0.621. The van der Waals surface area contributed by atoms with Crippen LogP contribution >= 0.6 is 15.6 Å². The van der Waals surface area contributed by atoms with Crippen molar-refractivity contribution in [3.63, 3.8) is 0 Å². The second-order valence-electron chi connectivity index (χ2n) is 5.42. The number of quaternary nitrogens is 1. The second-order valence-corrected chi connectivity index (χ2v) is 8.24. The third-order valence-corrected chi connectivity index (χ3v) is 3.96. The van der Waals surface area contributed by atoms with Crippen LogP contribution < -0.4 is 9.79 Å². The Kier molecular flexibility index (Phi) is 7.92. The van der Waals surface area contributed by atoms with Gasteiger partial charge >= 0.3 is 5.97 Å². The van der Waals surface area contributed by atoms with Crippen LogP contribution in [-0.4, -0.2) is 61.3 Å². The predicted octanol–water partition coefficient (Wildman–Crippen LogP) is -0.824. The molecule has 0 bridgehead atoms. The Morgan fingerprint density at radius 2 is 1.95 bits per heavy atom. The molecule has 0 saturated carbocycles. The summed E-state index contributed by atoms with van der Waals surface area (Å²) in [6.45, 7) is 4.72. The number of likely N-dealkylation sites (N-methyl/N-ethyl adjacent to an activating group) is 1. The number of phosphoric acid groups is 1. The van der Waals surface area contributed by atoms with Gasteiger partial charge in [-0.3, -0.25) is 4.57 Å². The summed E-state index contributed by atoms with van der Waals surface area (Å²) in [4.78, 5) is 42.8. The lowest BCUT2D eigenvalue weighted by molar-refractivity contribution is -0.861. The first kappa shape index (κ1) is 20.4. The zero-order valence-corrected chi connectivity index (χ0v) is 14.4. The van der Waals surface area contributed by atoms with E-state index >= 15 is 0 Å². The normalized spacial score (nSPS) is 16.0. The van der Waals surface area contributed by atoms with E-state index in [9.17, 15) is 19.1 Å². The van der Waals surface area contributed by atoms with E-state index in [1.807, 2.05) is 0 Å². The molecule has 1 N–H and O–H groups in total. The Morgan fingerprint density at radius 1 is 1.43 bits per heavy atom.